The van der Waals surface area contributed by atoms with E-state index in [1.165, 1.54) is 17.8 Å². The molecule has 18 heavy (non-hydrogen) atoms. The zero-order valence-electron chi connectivity index (χ0n) is 10.8. The van der Waals surface area contributed by atoms with Gasteiger partial charge in [0.1, 0.15) is 4.88 Å². The predicted molar refractivity (Wildman–Crippen MR) is 75.4 cm³/mol. The van der Waals surface area contributed by atoms with Gasteiger partial charge in [0.2, 0.25) is 0 Å². The second-order valence-corrected chi connectivity index (χ2v) is 6.82. The van der Waals surface area contributed by atoms with Crippen LogP contribution in [0.15, 0.2) is 6.20 Å². The van der Waals surface area contributed by atoms with E-state index in [0.717, 1.165) is 24.3 Å². The van der Waals surface area contributed by atoms with Crippen molar-refractivity contribution in [1.82, 2.24) is 10.3 Å². The molecular formula is C13H19ClN2OS. The summed E-state index contributed by atoms with van der Waals surface area (Å²) in [5.41, 5.74) is -0.228. The SMILES string of the molecule is Cc1ncc(C(=O)NC2(CCl)CCCC(C)C2)s1. The van der Waals surface area contributed by atoms with Crippen molar-refractivity contribution in [1.29, 1.82) is 0 Å². The van der Waals surface area contributed by atoms with E-state index in [1.807, 2.05) is 6.92 Å². The molecular weight excluding hydrogens is 268 g/mol. The number of carbonyl (C=O) groups excluding carboxylic acids is 1. The molecule has 0 saturated heterocycles. The summed E-state index contributed by atoms with van der Waals surface area (Å²) in [5.74, 6) is 1.08. The molecule has 0 aromatic carbocycles. The molecule has 1 aliphatic rings. The molecule has 1 fully saturated rings. The van der Waals surface area contributed by atoms with Crippen LogP contribution in [-0.2, 0) is 0 Å². The Labute approximate surface area is 117 Å². The molecule has 1 heterocycles. The Balaban J connectivity index is 2.08. The lowest BCUT2D eigenvalue weighted by atomic mass is 9.77. The third kappa shape index (κ3) is 3.04. The topological polar surface area (TPSA) is 42.0 Å². The van der Waals surface area contributed by atoms with Crippen molar-refractivity contribution in [2.75, 3.05) is 5.88 Å². The van der Waals surface area contributed by atoms with Crippen molar-refractivity contribution in [2.24, 2.45) is 5.92 Å². The van der Waals surface area contributed by atoms with Crippen molar-refractivity contribution in [3.8, 4) is 0 Å². The second-order valence-electron chi connectivity index (χ2n) is 5.31. The quantitative estimate of drug-likeness (QED) is 0.866. The van der Waals surface area contributed by atoms with Crippen LogP contribution in [-0.4, -0.2) is 22.3 Å². The van der Waals surface area contributed by atoms with Gasteiger partial charge in [-0.25, -0.2) is 4.98 Å². The first-order valence-corrected chi connectivity index (χ1v) is 7.71. The number of hydrogen-bond acceptors (Lipinski definition) is 3. The van der Waals surface area contributed by atoms with Crippen LogP contribution in [0.25, 0.3) is 0 Å². The predicted octanol–water partition coefficient (Wildman–Crippen LogP) is 3.37. The molecule has 2 rings (SSSR count). The zero-order valence-corrected chi connectivity index (χ0v) is 12.4. The van der Waals surface area contributed by atoms with E-state index < -0.39 is 0 Å². The summed E-state index contributed by atoms with van der Waals surface area (Å²) in [6, 6.07) is 0. The molecule has 100 valence electrons. The first-order valence-electron chi connectivity index (χ1n) is 6.35. The fourth-order valence-corrected chi connectivity index (χ4v) is 3.68. The average molecular weight is 287 g/mol. The van der Waals surface area contributed by atoms with Crippen LogP contribution in [0.3, 0.4) is 0 Å². The molecule has 0 aliphatic heterocycles. The van der Waals surface area contributed by atoms with E-state index >= 15 is 0 Å². The van der Waals surface area contributed by atoms with Crippen molar-refractivity contribution in [3.05, 3.63) is 16.1 Å². The average Bonchev–Trinajstić information content (AvgIpc) is 2.76. The normalized spacial score (nSPS) is 28.1. The summed E-state index contributed by atoms with van der Waals surface area (Å²) < 4.78 is 0. The van der Waals surface area contributed by atoms with Gasteiger partial charge < -0.3 is 5.32 Å². The molecule has 1 amide bonds. The smallest absolute Gasteiger partial charge is 0.263 e. The Morgan fingerprint density at radius 3 is 3.06 bits per heavy atom. The van der Waals surface area contributed by atoms with Gasteiger partial charge in [0.25, 0.3) is 5.91 Å². The van der Waals surface area contributed by atoms with Gasteiger partial charge in [0, 0.05) is 5.88 Å². The fourth-order valence-electron chi connectivity index (χ4n) is 2.70. The molecule has 3 nitrogen and oxygen atoms in total. The zero-order chi connectivity index (χ0) is 13.2. The highest BCUT2D eigenvalue weighted by Crippen LogP contribution is 2.33. The van der Waals surface area contributed by atoms with E-state index in [-0.39, 0.29) is 11.4 Å². The van der Waals surface area contributed by atoms with E-state index in [0.29, 0.717) is 16.7 Å². The minimum absolute atomic E-state index is 0.0321. The van der Waals surface area contributed by atoms with E-state index in [4.69, 9.17) is 11.6 Å². The fraction of sp³-hybridized carbons (Fsp3) is 0.692. The van der Waals surface area contributed by atoms with Crippen LogP contribution in [0.2, 0.25) is 0 Å². The van der Waals surface area contributed by atoms with E-state index in [2.05, 4.69) is 17.2 Å². The minimum Gasteiger partial charge on any atom is -0.345 e. The van der Waals surface area contributed by atoms with Gasteiger partial charge in [-0.1, -0.05) is 19.8 Å². The van der Waals surface area contributed by atoms with Gasteiger partial charge in [-0.15, -0.1) is 22.9 Å². The summed E-state index contributed by atoms with van der Waals surface area (Å²) in [7, 11) is 0. The number of aryl methyl sites for hydroxylation is 1. The molecule has 2 atom stereocenters. The van der Waals surface area contributed by atoms with Gasteiger partial charge >= 0.3 is 0 Å². The summed E-state index contributed by atoms with van der Waals surface area (Å²) in [6.45, 7) is 4.13. The van der Waals surface area contributed by atoms with Gasteiger partial charge in [-0.3, -0.25) is 4.79 Å². The summed E-state index contributed by atoms with van der Waals surface area (Å²) in [4.78, 5) is 17.0. The lowest BCUT2D eigenvalue weighted by molar-refractivity contribution is 0.0871. The number of thiazole rings is 1. The van der Waals surface area contributed by atoms with Crippen LogP contribution in [0.4, 0.5) is 0 Å². The van der Waals surface area contributed by atoms with Crippen LogP contribution in [0.1, 0.15) is 47.3 Å². The third-order valence-corrected chi connectivity index (χ3v) is 4.99. The maximum Gasteiger partial charge on any atom is 0.263 e. The number of alkyl halides is 1. The molecule has 5 heteroatoms. The molecule has 0 radical (unpaired) electrons. The summed E-state index contributed by atoms with van der Waals surface area (Å²) in [6.07, 6.45) is 5.96. The minimum atomic E-state index is -0.228. The second kappa shape index (κ2) is 5.57. The first kappa shape index (κ1) is 13.8. The Bertz CT molecular complexity index is 434. The number of amides is 1. The Morgan fingerprint density at radius 2 is 2.50 bits per heavy atom. The third-order valence-electron chi connectivity index (χ3n) is 3.57. The van der Waals surface area contributed by atoms with E-state index in [9.17, 15) is 4.79 Å². The van der Waals surface area contributed by atoms with E-state index in [1.54, 1.807) is 6.20 Å². The maximum atomic E-state index is 12.2. The largest absolute Gasteiger partial charge is 0.345 e. The van der Waals surface area contributed by atoms with Gasteiger partial charge in [-0.05, 0) is 25.7 Å². The molecule has 0 spiro atoms. The van der Waals surface area contributed by atoms with Gasteiger partial charge in [0.05, 0.1) is 16.7 Å². The lowest BCUT2D eigenvalue weighted by Crippen LogP contribution is -2.52. The molecule has 1 saturated carbocycles. The molecule has 1 aromatic rings. The van der Waals surface area contributed by atoms with Crippen LogP contribution >= 0.6 is 22.9 Å². The standard InChI is InChI=1S/C13H19ClN2OS/c1-9-4-3-5-13(6-9,8-14)16-12(17)11-7-15-10(2)18-11/h7,9H,3-6,8H2,1-2H3,(H,16,17). The van der Waals surface area contributed by atoms with Gasteiger partial charge in [-0.2, -0.15) is 0 Å². The molecule has 1 aliphatic carbocycles. The monoisotopic (exact) mass is 286 g/mol. The Hall–Kier alpha value is -0.610. The molecule has 1 aromatic heterocycles. The number of aromatic nitrogens is 1. The summed E-state index contributed by atoms with van der Waals surface area (Å²) in [5, 5.41) is 4.06. The highest BCUT2D eigenvalue weighted by Gasteiger charge is 2.36. The van der Waals surface area contributed by atoms with Crippen LogP contribution in [0, 0.1) is 12.8 Å². The number of carbonyl (C=O) groups is 1. The van der Waals surface area contributed by atoms with Crippen LogP contribution < -0.4 is 5.32 Å². The van der Waals surface area contributed by atoms with Crippen molar-refractivity contribution in [3.63, 3.8) is 0 Å². The lowest BCUT2D eigenvalue weighted by Gasteiger charge is -2.39. The molecule has 0 bridgehead atoms. The van der Waals surface area contributed by atoms with Crippen molar-refractivity contribution >= 4 is 28.8 Å². The summed E-state index contributed by atoms with van der Waals surface area (Å²) >= 11 is 7.54. The Morgan fingerprint density at radius 1 is 1.72 bits per heavy atom. The number of hydrogen-bond donors (Lipinski definition) is 1. The number of rotatable bonds is 3. The Kier molecular flexibility index (Phi) is 4.28. The molecule has 2 unspecified atom stereocenters. The number of nitrogens with zero attached hydrogens (tertiary/aromatic N) is 1. The maximum absolute atomic E-state index is 12.2. The highest BCUT2D eigenvalue weighted by molar-refractivity contribution is 7.13. The number of nitrogens with one attached hydrogen (secondary N) is 1. The number of halogens is 1. The van der Waals surface area contributed by atoms with Crippen molar-refractivity contribution < 1.29 is 4.79 Å². The van der Waals surface area contributed by atoms with Crippen LogP contribution in [0.5, 0.6) is 0 Å². The highest BCUT2D eigenvalue weighted by atomic mass is 35.5. The first-order chi connectivity index (χ1) is 8.54. The van der Waals surface area contributed by atoms with Crippen molar-refractivity contribution in [2.45, 2.75) is 45.1 Å². The van der Waals surface area contributed by atoms with Gasteiger partial charge in [0.15, 0.2) is 0 Å². The molecule has 1 N–H and O–H groups in total.